The molecule has 10 aliphatic rings. The summed E-state index contributed by atoms with van der Waals surface area (Å²) in [7, 11) is 17.6. The fourth-order valence-corrected chi connectivity index (χ4v) is 144. The minimum absolute atomic E-state index is 0.0331. The molecule has 370 valence electrons. The molecule has 0 radical (unpaired) electrons. The first-order chi connectivity index (χ1) is 36.4. The Balaban J connectivity index is 1.22. The van der Waals surface area contributed by atoms with Gasteiger partial charge in [0.2, 0.25) is 0 Å². The Bertz CT molecular complexity index is 3270. The summed E-state index contributed by atoms with van der Waals surface area (Å²) in [5, 5.41) is 0. The summed E-state index contributed by atoms with van der Waals surface area (Å²) >= 11 is -7.40. The Morgan fingerprint density at radius 2 is 0.547 bits per heavy atom. The fraction of sp³-hybridized carbons (Fsp3) is 0.200. The monoisotopic (exact) mass is 1120 g/mol. The van der Waals surface area contributed by atoms with Gasteiger partial charge in [0.15, 0.2) is 0 Å². The van der Waals surface area contributed by atoms with E-state index in [-0.39, 0.29) is 23.7 Å². The van der Waals surface area contributed by atoms with Crippen LogP contribution in [0.5, 0.6) is 0 Å². The van der Waals surface area contributed by atoms with Gasteiger partial charge in [0.1, 0.15) is 0 Å². The van der Waals surface area contributed by atoms with Gasteiger partial charge in [-0.1, -0.05) is 0 Å². The number of benzene rings is 4. The molecule has 5 heteroatoms. The van der Waals surface area contributed by atoms with Crippen LogP contribution in [0.2, 0.25) is 24.1 Å². The summed E-state index contributed by atoms with van der Waals surface area (Å²) in [4.78, 5) is 0. The average Bonchev–Trinajstić information content (AvgIpc) is 3.35. The summed E-state index contributed by atoms with van der Waals surface area (Å²) in [5.41, 5.74) is 21.9. The van der Waals surface area contributed by atoms with Crippen LogP contribution in [0.1, 0.15) is 73.6 Å². The quantitative estimate of drug-likeness (QED) is 0.179. The van der Waals surface area contributed by atoms with E-state index in [1.54, 1.807) is 0 Å². The van der Waals surface area contributed by atoms with Crippen molar-refractivity contribution in [3.63, 3.8) is 0 Å². The number of hydrogen-bond donors (Lipinski definition) is 0. The molecule has 2 aliphatic heterocycles. The van der Waals surface area contributed by atoms with Crippen molar-refractivity contribution in [1.29, 1.82) is 0 Å². The Morgan fingerprint density at radius 1 is 0.333 bits per heavy atom. The zero-order chi connectivity index (χ0) is 51.4. The molecule has 0 saturated carbocycles. The first kappa shape index (κ1) is 48.0. The fourth-order valence-electron chi connectivity index (χ4n) is 20.5. The van der Waals surface area contributed by atoms with Crippen LogP contribution in [-0.2, 0) is 14.9 Å². The van der Waals surface area contributed by atoms with Crippen molar-refractivity contribution >= 4 is 34.6 Å². The van der Waals surface area contributed by atoms with Crippen molar-refractivity contribution in [2.45, 2.75) is 75.4 Å². The van der Waals surface area contributed by atoms with E-state index in [0.29, 0.717) is 0 Å². The number of fused-ring (bicyclic) bond motifs is 8. The number of hydrogen-bond acceptors (Lipinski definition) is 0. The number of allylic oxidation sites excluding steroid dienone is 32. The third kappa shape index (κ3) is 4.85. The molecule has 8 unspecified atom stereocenters. The van der Waals surface area contributed by atoms with Gasteiger partial charge in [-0.05, 0) is 0 Å². The van der Waals surface area contributed by atoms with Gasteiger partial charge in [0, 0.05) is 0 Å². The number of rotatable bonds is 4. The maximum atomic E-state index is 11.2. The van der Waals surface area contributed by atoms with Crippen LogP contribution >= 0.6 is 17.0 Å². The van der Waals surface area contributed by atoms with Gasteiger partial charge in [-0.25, -0.2) is 0 Å². The van der Waals surface area contributed by atoms with Crippen LogP contribution in [0.25, 0.3) is 0 Å². The average molecular weight is 1120 g/mol. The maximum absolute atomic E-state index is 11.2. The molecule has 2 saturated heterocycles. The van der Waals surface area contributed by atoms with Gasteiger partial charge in [-0.2, -0.15) is 0 Å². The zero-order valence-corrected chi connectivity index (χ0v) is 50.1. The van der Waals surface area contributed by atoms with Crippen LogP contribution in [-0.4, -0.2) is 17.6 Å². The molecular formula is C70H64Cl2Si2Zr. The number of halogens is 2. The van der Waals surface area contributed by atoms with E-state index in [0.717, 1.165) is 0 Å². The van der Waals surface area contributed by atoms with Crippen molar-refractivity contribution in [2.24, 2.45) is 0 Å². The van der Waals surface area contributed by atoms with Crippen LogP contribution in [0.15, 0.2) is 310 Å². The predicted octanol–water partition coefficient (Wildman–Crippen LogP) is 18.7. The third-order valence-corrected chi connectivity index (χ3v) is 107. The van der Waals surface area contributed by atoms with Gasteiger partial charge in [-0.3, -0.25) is 0 Å². The normalized spacial score (nSPS) is 36.2. The van der Waals surface area contributed by atoms with Crippen LogP contribution < -0.4 is 0 Å². The Hall–Kier alpha value is -5.38. The summed E-state index contributed by atoms with van der Waals surface area (Å²) in [5.74, 6) is 0.133. The van der Waals surface area contributed by atoms with Crippen molar-refractivity contribution in [3.05, 3.63) is 332 Å². The second-order valence-corrected chi connectivity index (χ2v) is 63.4. The molecule has 75 heavy (non-hydrogen) atoms. The second-order valence-electron chi connectivity index (χ2n) is 23.6. The minimum atomic E-state index is -7.40. The molecule has 8 atom stereocenters. The molecule has 14 rings (SSSR count). The molecule has 2 heterocycles. The molecule has 0 bridgehead atoms. The first-order valence-corrected chi connectivity index (χ1v) is 43.3. The van der Waals surface area contributed by atoms with Gasteiger partial charge < -0.3 is 0 Å². The van der Waals surface area contributed by atoms with E-state index < -0.39 is 43.5 Å². The molecule has 0 N–H and O–H groups in total. The Kier molecular flexibility index (Phi) is 10.3. The van der Waals surface area contributed by atoms with Crippen LogP contribution in [0.3, 0.4) is 0 Å². The first-order valence-electron chi connectivity index (χ1n) is 27.4. The van der Waals surface area contributed by atoms with E-state index in [1.165, 1.54) is 89.1 Å². The van der Waals surface area contributed by atoms with Crippen molar-refractivity contribution in [1.82, 2.24) is 0 Å². The molecule has 0 aromatic heterocycles. The zero-order valence-electron chi connectivity index (χ0n) is 43.8. The summed E-state index contributed by atoms with van der Waals surface area (Å²) in [6.45, 7) is 15.5. The van der Waals surface area contributed by atoms with E-state index in [2.05, 4.69) is 284 Å². The third-order valence-electron chi connectivity index (χ3n) is 21.8. The topological polar surface area (TPSA) is 0 Å². The van der Waals surface area contributed by atoms with Crippen LogP contribution in [0, 0.1) is 0 Å². The summed E-state index contributed by atoms with van der Waals surface area (Å²) in [6, 6.07) is 44.8. The molecular weight excluding hydrogens is 1060 g/mol. The molecule has 2 fully saturated rings. The van der Waals surface area contributed by atoms with Crippen molar-refractivity contribution in [2.75, 3.05) is 0 Å². The van der Waals surface area contributed by atoms with Crippen LogP contribution in [0.4, 0.5) is 0 Å². The van der Waals surface area contributed by atoms with Gasteiger partial charge >= 0.3 is 457 Å². The molecule has 4 aromatic carbocycles. The van der Waals surface area contributed by atoms with E-state index >= 15 is 0 Å². The summed E-state index contributed by atoms with van der Waals surface area (Å²) in [6.07, 6.45) is 49.1. The summed E-state index contributed by atoms with van der Waals surface area (Å²) < 4.78 is -2.54. The van der Waals surface area contributed by atoms with E-state index in [9.17, 15) is 17.0 Å². The second kappa shape index (κ2) is 16.1. The molecule has 0 amide bonds. The molecule has 0 nitrogen and oxygen atoms in total. The van der Waals surface area contributed by atoms with Crippen molar-refractivity contribution < 1.29 is 14.9 Å². The van der Waals surface area contributed by atoms with E-state index in [4.69, 9.17) is 0 Å². The Morgan fingerprint density at radius 3 is 0.760 bits per heavy atom. The predicted molar refractivity (Wildman–Crippen MR) is 321 cm³/mol. The Labute approximate surface area is 453 Å². The van der Waals surface area contributed by atoms with Crippen molar-refractivity contribution in [3.8, 4) is 0 Å². The molecule has 4 aromatic rings. The molecule has 8 aliphatic carbocycles. The van der Waals surface area contributed by atoms with Gasteiger partial charge in [-0.15, -0.1) is 0 Å². The van der Waals surface area contributed by atoms with Gasteiger partial charge in [0.05, 0.1) is 0 Å². The molecule has 5 spiro atoms. The standard InChI is InChI=1S/2C35H32Si.2ClH.Zr/c2*1-24-22-32-28(26-14-6-4-7-15-26)18-10-12-20-30(32)34(24)36(3)35-25(2)23-33-29(19-11-13-21-31(33)35)27-16-8-5-9-17-27;;;/h2*4-23,28-29,36H,1-3H3;2*1H;/q;;;;+2/p-2. The van der Waals surface area contributed by atoms with E-state index in [1.807, 2.05) is 0 Å². The SMILES string of the molecule is CC1=CC2=C(C=CC=CC2c2ccccc2)[C]12[SiH](C)[C]1(C(C)=CC3=C1C=CC=CC3c1ccccc1)[Zr]21([Cl])([Cl])[C]2(C(C)=CC3=C2C=CC=CC3c2ccccc2)[SiH](C)[C]12C(C)=CC1=C2C=CC=CC1c1ccccc1. The van der Waals surface area contributed by atoms with Gasteiger partial charge in [0.25, 0.3) is 0 Å².